The van der Waals surface area contributed by atoms with Gasteiger partial charge in [-0.15, -0.1) is 0 Å². The van der Waals surface area contributed by atoms with Crippen molar-refractivity contribution in [1.29, 1.82) is 0 Å². The Bertz CT molecular complexity index is 425. The topological polar surface area (TPSA) is 15.3 Å². The fourth-order valence-electron chi connectivity index (χ4n) is 3.25. The van der Waals surface area contributed by atoms with Gasteiger partial charge in [-0.3, -0.25) is 0 Å². The molecule has 0 amide bonds. The number of benzene rings is 1. The van der Waals surface area contributed by atoms with Gasteiger partial charge < -0.3 is 10.2 Å². The molecule has 0 aliphatic carbocycles. The molecule has 112 valence electrons. The first-order valence-electron chi connectivity index (χ1n) is 7.88. The molecule has 1 unspecified atom stereocenters. The van der Waals surface area contributed by atoms with Crippen molar-refractivity contribution in [3.63, 3.8) is 0 Å². The lowest BCUT2D eigenvalue weighted by atomic mass is 9.91. The summed E-state index contributed by atoms with van der Waals surface area (Å²) in [6.45, 7) is 6.38. The van der Waals surface area contributed by atoms with Gasteiger partial charge in [0.25, 0.3) is 0 Å². The average Bonchev–Trinajstić information content (AvgIpc) is 2.47. The van der Waals surface area contributed by atoms with Gasteiger partial charge in [-0.25, -0.2) is 4.39 Å². The minimum Gasteiger partial charge on any atom is -0.371 e. The molecule has 1 aliphatic rings. The molecule has 1 aromatic rings. The van der Waals surface area contributed by atoms with Gasteiger partial charge in [-0.1, -0.05) is 25.8 Å². The van der Waals surface area contributed by atoms with E-state index in [9.17, 15) is 4.39 Å². The highest BCUT2D eigenvalue weighted by Crippen LogP contribution is 2.32. The number of rotatable bonds is 5. The fraction of sp³-hybridized carbons (Fsp3) is 0.647. The quantitative estimate of drug-likeness (QED) is 0.871. The van der Waals surface area contributed by atoms with Crippen molar-refractivity contribution in [1.82, 2.24) is 5.32 Å². The Balaban J connectivity index is 2.15. The van der Waals surface area contributed by atoms with Crippen LogP contribution in [0.1, 0.15) is 51.1 Å². The summed E-state index contributed by atoms with van der Waals surface area (Å²) in [5, 5.41) is 3.16. The minimum absolute atomic E-state index is 0.0413. The summed E-state index contributed by atoms with van der Waals surface area (Å²) in [5.41, 5.74) is 1.88. The summed E-state index contributed by atoms with van der Waals surface area (Å²) >= 11 is 0. The van der Waals surface area contributed by atoms with E-state index in [4.69, 9.17) is 0 Å². The Morgan fingerprint density at radius 3 is 2.65 bits per heavy atom. The summed E-state index contributed by atoms with van der Waals surface area (Å²) in [6, 6.07) is 5.50. The van der Waals surface area contributed by atoms with Crippen molar-refractivity contribution in [2.24, 2.45) is 5.92 Å². The summed E-state index contributed by atoms with van der Waals surface area (Å²) < 4.78 is 14.2. The smallest absolute Gasteiger partial charge is 0.130 e. The van der Waals surface area contributed by atoms with E-state index in [0.717, 1.165) is 30.3 Å². The summed E-state index contributed by atoms with van der Waals surface area (Å²) in [6.07, 6.45) is 5.07. The van der Waals surface area contributed by atoms with E-state index < -0.39 is 0 Å². The zero-order chi connectivity index (χ0) is 14.5. The number of nitrogens with one attached hydrogen (secondary N) is 1. The largest absolute Gasteiger partial charge is 0.371 e. The molecule has 0 aromatic heterocycles. The lowest BCUT2D eigenvalue weighted by Gasteiger charge is -2.35. The van der Waals surface area contributed by atoms with Crippen molar-refractivity contribution in [3.8, 4) is 0 Å². The van der Waals surface area contributed by atoms with Crippen LogP contribution in [0.15, 0.2) is 18.2 Å². The zero-order valence-electron chi connectivity index (χ0n) is 13.0. The second-order valence-corrected chi connectivity index (χ2v) is 5.90. The van der Waals surface area contributed by atoms with Crippen LogP contribution in [0.5, 0.6) is 0 Å². The van der Waals surface area contributed by atoms with Gasteiger partial charge in [-0.2, -0.15) is 0 Å². The summed E-state index contributed by atoms with van der Waals surface area (Å²) in [4.78, 5) is 2.36. The lowest BCUT2D eigenvalue weighted by Crippen LogP contribution is -2.35. The molecule has 1 aromatic carbocycles. The maximum absolute atomic E-state index is 14.2. The van der Waals surface area contributed by atoms with Crippen molar-refractivity contribution < 1.29 is 4.39 Å². The molecule has 1 aliphatic heterocycles. The molecule has 1 N–H and O–H groups in total. The lowest BCUT2D eigenvalue weighted by molar-refractivity contribution is 0.377. The Kier molecular flexibility index (Phi) is 5.41. The fourth-order valence-corrected chi connectivity index (χ4v) is 3.25. The van der Waals surface area contributed by atoms with E-state index in [1.165, 1.54) is 25.7 Å². The third-order valence-electron chi connectivity index (χ3n) is 4.55. The van der Waals surface area contributed by atoms with E-state index in [1.807, 2.05) is 20.0 Å². The first-order chi connectivity index (χ1) is 9.67. The highest BCUT2D eigenvalue weighted by atomic mass is 19.1. The Morgan fingerprint density at radius 1 is 1.35 bits per heavy atom. The zero-order valence-corrected chi connectivity index (χ0v) is 13.0. The maximum atomic E-state index is 14.2. The molecule has 0 spiro atoms. The second-order valence-electron chi connectivity index (χ2n) is 5.90. The number of nitrogens with zero attached hydrogens (tertiary/aromatic N) is 1. The number of halogens is 1. The highest BCUT2D eigenvalue weighted by Gasteiger charge is 2.23. The van der Waals surface area contributed by atoms with E-state index in [-0.39, 0.29) is 11.9 Å². The first kappa shape index (κ1) is 15.3. The van der Waals surface area contributed by atoms with Crippen LogP contribution in [-0.2, 0) is 0 Å². The molecular formula is C17H27FN2. The molecular weight excluding hydrogens is 251 g/mol. The molecule has 1 fully saturated rings. The van der Waals surface area contributed by atoms with Crippen molar-refractivity contribution in [2.45, 2.75) is 45.6 Å². The molecule has 2 nitrogen and oxygen atoms in total. The molecule has 0 radical (unpaired) electrons. The third-order valence-corrected chi connectivity index (χ3v) is 4.55. The standard InChI is InChI=1S/C17H27FN2/c1-4-6-14-9-11-20(12-10-14)16-8-5-7-15(18)17(16)13(2)19-3/h5,7-8,13-14,19H,4,6,9-12H2,1-3H3. The first-order valence-corrected chi connectivity index (χ1v) is 7.88. The highest BCUT2D eigenvalue weighted by molar-refractivity contribution is 5.55. The Morgan fingerprint density at radius 2 is 2.05 bits per heavy atom. The molecule has 2 rings (SSSR count). The van der Waals surface area contributed by atoms with Crippen LogP contribution in [0.4, 0.5) is 10.1 Å². The molecule has 1 saturated heterocycles. The van der Waals surface area contributed by atoms with Crippen molar-refractivity contribution in [3.05, 3.63) is 29.6 Å². The summed E-state index contributed by atoms with van der Waals surface area (Å²) in [5.74, 6) is 0.759. The SMILES string of the molecule is CCCC1CCN(c2cccc(F)c2C(C)NC)CC1. The van der Waals surface area contributed by atoms with E-state index in [0.29, 0.717) is 0 Å². The maximum Gasteiger partial charge on any atom is 0.130 e. The number of piperidine rings is 1. The molecule has 1 atom stereocenters. The van der Waals surface area contributed by atoms with Crippen LogP contribution in [0.2, 0.25) is 0 Å². The Labute approximate surface area is 122 Å². The van der Waals surface area contributed by atoms with Gasteiger partial charge in [0.05, 0.1) is 0 Å². The van der Waals surface area contributed by atoms with E-state index in [1.54, 1.807) is 6.07 Å². The van der Waals surface area contributed by atoms with Crippen LogP contribution >= 0.6 is 0 Å². The van der Waals surface area contributed by atoms with Gasteiger partial charge in [-0.05, 0) is 44.9 Å². The van der Waals surface area contributed by atoms with Crippen LogP contribution in [0.25, 0.3) is 0 Å². The molecule has 3 heteroatoms. The monoisotopic (exact) mass is 278 g/mol. The van der Waals surface area contributed by atoms with Crippen LogP contribution in [-0.4, -0.2) is 20.1 Å². The van der Waals surface area contributed by atoms with Crippen LogP contribution < -0.4 is 10.2 Å². The van der Waals surface area contributed by atoms with E-state index in [2.05, 4.69) is 23.2 Å². The molecule has 0 saturated carbocycles. The minimum atomic E-state index is -0.0972. The van der Waals surface area contributed by atoms with Gasteiger partial charge in [0.15, 0.2) is 0 Å². The van der Waals surface area contributed by atoms with Gasteiger partial charge in [0.1, 0.15) is 5.82 Å². The van der Waals surface area contributed by atoms with Crippen molar-refractivity contribution in [2.75, 3.05) is 25.0 Å². The van der Waals surface area contributed by atoms with Gasteiger partial charge in [0.2, 0.25) is 0 Å². The number of hydrogen-bond acceptors (Lipinski definition) is 2. The van der Waals surface area contributed by atoms with Crippen LogP contribution in [0.3, 0.4) is 0 Å². The van der Waals surface area contributed by atoms with E-state index >= 15 is 0 Å². The molecule has 1 heterocycles. The second kappa shape index (κ2) is 7.07. The average molecular weight is 278 g/mol. The normalized spacial score (nSPS) is 18.3. The summed E-state index contributed by atoms with van der Waals surface area (Å²) in [7, 11) is 1.88. The van der Waals surface area contributed by atoms with Crippen LogP contribution in [0, 0.1) is 11.7 Å². The van der Waals surface area contributed by atoms with Gasteiger partial charge in [0, 0.05) is 30.4 Å². The number of anilines is 1. The number of hydrogen-bond donors (Lipinski definition) is 1. The predicted octanol–water partition coefficient (Wildman–Crippen LogP) is 4.12. The van der Waals surface area contributed by atoms with Gasteiger partial charge >= 0.3 is 0 Å². The predicted molar refractivity (Wildman–Crippen MR) is 83.7 cm³/mol. The molecule has 20 heavy (non-hydrogen) atoms. The Hall–Kier alpha value is -1.09. The third kappa shape index (κ3) is 3.32. The molecule has 0 bridgehead atoms. The van der Waals surface area contributed by atoms with Crippen molar-refractivity contribution >= 4 is 5.69 Å².